The number of urea groups is 1. The zero-order chi connectivity index (χ0) is 16.1. The number of rotatable bonds is 5. The van der Waals surface area contributed by atoms with E-state index < -0.39 is 18.0 Å². The summed E-state index contributed by atoms with van der Waals surface area (Å²) in [7, 11) is 0. The summed E-state index contributed by atoms with van der Waals surface area (Å²) in [5.74, 6) is -1.23. The number of carbonyl (C=O) groups excluding carboxylic acids is 2. The van der Waals surface area contributed by atoms with Crippen LogP contribution in [0.3, 0.4) is 0 Å². The first-order valence-corrected chi connectivity index (χ1v) is 7.19. The molecule has 1 aromatic rings. The van der Waals surface area contributed by atoms with Gasteiger partial charge in [-0.1, -0.05) is 23.7 Å². The minimum atomic E-state index is -0.998. The maximum absolute atomic E-state index is 12.3. The van der Waals surface area contributed by atoms with Crippen LogP contribution in [0.4, 0.5) is 10.5 Å². The summed E-state index contributed by atoms with van der Waals surface area (Å²) in [5, 5.41) is 13.9. The highest BCUT2D eigenvalue weighted by Crippen LogP contribution is 2.28. The maximum Gasteiger partial charge on any atom is 0.315 e. The minimum Gasteiger partial charge on any atom is -0.481 e. The van der Waals surface area contributed by atoms with Crippen molar-refractivity contribution in [3.63, 3.8) is 0 Å². The Kier molecular flexibility index (Phi) is 5.21. The van der Waals surface area contributed by atoms with Crippen molar-refractivity contribution >= 4 is 35.2 Å². The molecule has 0 aliphatic carbocycles. The van der Waals surface area contributed by atoms with Gasteiger partial charge in [-0.2, -0.15) is 0 Å². The summed E-state index contributed by atoms with van der Waals surface area (Å²) >= 11 is 6.07. The molecule has 2 rings (SSSR count). The molecule has 0 aromatic heterocycles. The minimum absolute atomic E-state index is 0.0102. The molecule has 3 N–H and O–H groups in total. The number of anilines is 1. The number of aliphatic carboxylic acids is 1. The topological polar surface area (TPSA) is 98.7 Å². The monoisotopic (exact) mass is 325 g/mol. The lowest BCUT2D eigenvalue weighted by atomic mass is 10.2. The van der Waals surface area contributed by atoms with Crippen LogP contribution in [0.5, 0.6) is 0 Å². The van der Waals surface area contributed by atoms with Crippen LogP contribution in [0.1, 0.15) is 12.8 Å². The Labute approximate surface area is 132 Å². The van der Waals surface area contributed by atoms with E-state index in [-0.39, 0.29) is 18.9 Å². The van der Waals surface area contributed by atoms with Gasteiger partial charge in [-0.15, -0.1) is 0 Å². The van der Waals surface area contributed by atoms with Crippen molar-refractivity contribution in [1.82, 2.24) is 10.6 Å². The number of carbonyl (C=O) groups is 3. The zero-order valence-corrected chi connectivity index (χ0v) is 12.5. The lowest BCUT2D eigenvalue weighted by Gasteiger charge is -2.18. The first-order valence-electron chi connectivity index (χ1n) is 6.81. The van der Waals surface area contributed by atoms with E-state index in [4.69, 9.17) is 16.7 Å². The van der Waals surface area contributed by atoms with Gasteiger partial charge in [-0.05, 0) is 18.6 Å². The Bertz CT molecular complexity index is 593. The van der Waals surface area contributed by atoms with E-state index in [1.807, 2.05) is 0 Å². The molecule has 1 atom stereocenters. The highest BCUT2D eigenvalue weighted by Gasteiger charge is 2.34. The summed E-state index contributed by atoms with van der Waals surface area (Å²) < 4.78 is 0. The average Bonchev–Trinajstić information content (AvgIpc) is 2.80. The van der Waals surface area contributed by atoms with E-state index in [1.165, 1.54) is 4.90 Å². The molecule has 1 heterocycles. The number of benzene rings is 1. The van der Waals surface area contributed by atoms with Crippen molar-refractivity contribution in [2.75, 3.05) is 18.0 Å². The van der Waals surface area contributed by atoms with Crippen LogP contribution in [0.15, 0.2) is 24.3 Å². The molecule has 1 aromatic carbocycles. The standard InChI is InChI=1S/C14H16ClN3O4/c15-9-3-1-2-4-11(9)18-8-6-10(13(18)21)17-14(22)16-7-5-12(19)20/h1-4,10H,5-8H2,(H,19,20)(H2,16,17,22). The summed E-state index contributed by atoms with van der Waals surface area (Å²) in [4.78, 5) is 35.8. The van der Waals surface area contributed by atoms with Gasteiger partial charge in [0, 0.05) is 13.1 Å². The second kappa shape index (κ2) is 7.13. The molecule has 1 aliphatic rings. The van der Waals surface area contributed by atoms with Crippen molar-refractivity contribution in [1.29, 1.82) is 0 Å². The molecular formula is C14H16ClN3O4. The number of hydrogen-bond acceptors (Lipinski definition) is 3. The SMILES string of the molecule is O=C(O)CCNC(=O)NC1CCN(c2ccccc2Cl)C1=O. The second-order valence-electron chi connectivity index (χ2n) is 4.83. The molecular weight excluding hydrogens is 310 g/mol. The van der Waals surface area contributed by atoms with Gasteiger partial charge < -0.3 is 20.6 Å². The normalized spacial score (nSPS) is 17.4. The van der Waals surface area contributed by atoms with Crippen molar-refractivity contribution < 1.29 is 19.5 Å². The fourth-order valence-electron chi connectivity index (χ4n) is 2.22. The van der Waals surface area contributed by atoms with Gasteiger partial charge in [0.25, 0.3) is 0 Å². The maximum atomic E-state index is 12.3. The summed E-state index contributed by atoms with van der Waals surface area (Å²) in [6.07, 6.45) is 0.300. The van der Waals surface area contributed by atoms with Crippen LogP contribution in [0.25, 0.3) is 0 Å². The third-order valence-electron chi connectivity index (χ3n) is 3.28. The van der Waals surface area contributed by atoms with E-state index in [1.54, 1.807) is 24.3 Å². The third-order valence-corrected chi connectivity index (χ3v) is 3.60. The molecule has 1 fully saturated rings. The molecule has 1 unspecified atom stereocenters. The highest BCUT2D eigenvalue weighted by atomic mass is 35.5. The van der Waals surface area contributed by atoms with Gasteiger partial charge in [0.05, 0.1) is 17.1 Å². The number of carboxylic acid groups (broad SMARTS) is 1. The smallest absolute Gasteiger partial charge is 0.315 e. The predicted molar refractivity (Wildman–Crippen MR) is 81.0 cm³/mol. The number of para-hydroxylation sites is 1. The molecule has 0 saturated carbocycles. The number of halogens is 1. The van der Waals surface area contributed by atoms with Crippen molar-refractivity contribution in [3.8, 4) is 0 Å². The van der Waals surface area contributed by atoms with E-state index in [2.05, 4.69) is 10.6 Å². The summed E-state index contributed by atoms with van der Waals surface area (Å²) in [6, 6.07) is 5.81. The van der Waals surface area contributed by atoms with Crippen LogP contribution >= 0.6 is 11.6 Å². The molecule has 0 bridgehead atoms. The van der Waals surface area contributed by atoms with Gasteiger partial charge in [-0.25, -0.2) is 4.79 Å². The lowest BCUT2D eigenvalue weighted by molar-refractivity contribution is -0.136. The quantitative estimate of drug-likeness (QED) is 0.758. The Morgan fingerprint density at radius 1 is 1.36 bits per heavy atom. The second-order valence-corrected chi connectivity index (χ2v) is 5.23. The first kappa shape index (κ1) is 16.1. The number of hydrogen-bond donors (Lipinski definition) is 3. The molecule has 0 radical (unpaired) electrons. The summed E-state index contributed by atoms with van der Waals surface area (Å²) in [5.41, 5.74) is 0.616. The highest BCUT2D eigenvalue weighted by molar-refractivity contribution is 6.34. The van der Waals surface area contributed by atoms with E-state index in [0.29, 0.717) is 23.7 Å². The van der Waals surface area contributed by atoms with Gasteiger partial charge in [0.2, 0.25) is 5.91 Å². The van der Waals surface area contributed by atoms with Crippen LogP contribution in [0, 0.1) is 0 Å². The fraction of sp³-hybridized carbons (Fsp3) is 0.357. The Hall–Kier alpha value is -2.28. The molecule has 1 saturated heterocycles. The Balaban J connectivity index is 1.90. The molecule has 22 heavy (non-hydrogen) atoms. The van der Waals surface area contributed by atoms with Gasteiger partial charge in [0.15, 0.2) is 0 Å². The van der Waals surface area contributed by atoms with E-state index >= 15 is 0 Å². The number of nitrogens with zero attached hydrogens (tertiary/aromatic N) is 1. The van der Waals surface area contributed by atoms with Crippen LogP contribution in [-0.2, 0) is 9.59 Å². The lowest BCUT2D eigenvalue weighted by Crippen LogP contribution is -2.46. The Morgan fingerprint density at radius 2 is 2.09 bits per heavy atom. The Morgan fingerprint density at radius 3 is 2.77 bits per heavy atom. The van der Waals surface area contributed by atoms with Crippen LogP contribution in [0.2, 0.25) is 5.02 Å². The molecule has 7 nitrogen and oxygen atoms in total. The summed E-state index contributed by atoms with van der Waals surface area (Å²) in [6.45, 7) is 0.471. The van der Waals surface area contributed by atoms with Crippen LogP contribution < -0.4 is 15.5 Å². The number of carboxylic acids is 1. The molecule has 0 spiro atoms. The predicted octanol–water partition coefficient (Wildman–Crippen LogP) is 1.22. The molecule has 8 heteroatoms. The van der Waals surface area contributed by atoms with Gasteiger partial charge in [0.1, 0.15) is 6.04 Å². The van der Waals surface area contributed by atoms with Crippen molar-refractivity contribution in [2.45, 2.75) is 18.9 Å². The van der Waals surface area contributed by atoms with Crippen molar-refractivity contribution in [2.24, 2.45) is 0 Å². The average molecular weight is 326 g/mol. The molecule has 3 amide bonds. The van der Waals surface area contributed by atoms with Crippen LogP contribution in [-0.4, -0.2) is 42.1 Å². The zero-order valence-electron chi connectivity index (χ0n) is 11.7. The fourth-order valence-corrected chi connectivity index (χ4v) is 2.45. The molecule has 118 valence electrons. The molecule has 1 aliphatic heterocycles. The number of amides is 3. The largest absolute Gasteiger partial charge is 0.481 e. The van der Waals surface area contributed by atoms with Crippen molar-refractivity contribution in [3.05, 3.63) is 29.3 Å². The first-order chi connectivity index (χ1) is 10.5. The van der Waals surface area contributed by atoms with E-state index in [0.717, 1.165) is 0 Å². The number of nitrogens with one attached hydrogen (secondary N) is 2. The van der Waals surface area contributed by atoms with Gasteiger partial charge in [-0.3, -0.25) is 9.59 Å². The van der Waals surface area contributed by atoms with E-state index in [9.17, 15) is 14.4 Å². The van der Waals surface area contributed by atoms with Gasteiger partial charge >= 0.3 is 12.0 Å². The third kappa shape index (κ3) is 3.88.